The van der Waals surface area contributed by atoms with Crippen molar-refractivity contribution in [3.05, 3.63) is 0 Å². The van der Waals surface area contributed by atoms with Crippen LogP contribution in [0.4, 0.5) is 0 Å². The largest absolute Gasteiger partial charge is 0.341 e. The fraction of sp³-hybridized carbons (Fsp3) is 0.889. The maximum absolute atomic E-state index is 11.6. The van der Waals surface area contributed by atoms with Crippen LogP contribution in [0, 0.1) is 5.92 Å². The van der Waals surface area contributed by atoms with Gasteiger partial charge in [0, 0.05) is 31.0 Å². The van der Waals surface area contributed by atoms with Gasteiger partial charge in [-0.15, -0.1) is 0 Å². The van der Waals surface area contributed by atoms with E-state index >= 15 is 0 Å². The van der Waals surface area contributed by atoms with Gasteiger partial charge in [0.15, 0.2) is 0 Å². The Morgan fingerprint density at radius 1 is 1.54 bits per heavy atom. The summed E-state index contributed by atoms with van der Waals surface area (Å²) in [5.41, 5.74) is 5.48. The van der Waals surface area contributed by atoms with Gasteiger partial charge in [-0.2, -0.15) is 11.8 Å². The van der Waals surface area contributed by atoms with E-state index in [1.165, 1.54) is 0 Å². The predicted octanol–water partition coefficient (Wildman–Crippen LogP) is 0.547. The molecule has 1 amide bonds. The number of amides is 1. The van der Waals surface area contributed by atoms with E-state index in [1.54, 1.807) is 0 Å². The second-order valence-corrected chi connectivity index (χ2v) is 4.76. The van der Waals surface area contributed by atoms with Gasteiger partial charge in [0.2, 0.25) is 5.91 Å². The second-order valence-electron chi connectivity index (χ2n) is 3.54. The number of hydrogen-bond donors (Lipinski definition) is 1. The van der Waals surface area contributed by atoms with Crippen molar-refractivity contribution in [2.45, 2.75) is 13.3 Å². The van der Waals surface area contributed by atoms with E-state index in [9.17, 15) is 4.79 Å². The van der Waals surface area contributed by atoms with Crippen LogP contribution in [-0.2, 0) is 4.79 Å². The lowest BCUT2D eigenvalue weighted by molar-refractivity contribution is -0.131. The minimum absolute atomic E-state index is 0.276. The van der Waals surface area contributed by atoms with Crippen LogP contribution in [0.25, 0.3) is 0 Å². The number of thioether (sulfide) groups is 1. The molecule has 4 heteroatoms. The Bertz CT molecular complexity index is 169. The highest BCUT2D eigenvalue weighted by molar-refractivity contribution is 7.99. The molecule has 76 valence electrons. The van der Waals surface area contributed by atoms with Crippen LogP contribution in [-0.4, -0.2) is 41.9 Å². The van der Waals surface area contributed by atoms with Crippen molar-refractivity contribution < 1.29 is 4.79 Å². The predicted molar refractivity (Wildman–Crippen MR) is 56.7 cm³/mol. The van der Waals surface area contributed by atoms with Crippen LogP contribution < -0.4 is 5.73 Å². The summed E-state index contributed by atoms with van der Waals surface area (Å²) in [4.78, 5) is 13.6. The van der Waals surface area contributed by atoms with E-state index in [1.807, 2.05) is 23.6 Å². The molecule has 0 radical (unpaired) electrons. The zero-order chi connectivity index (χ0) is 9.68. The highest BCUT2D eigenvalue weighted by atomic mass is 32.2. The summed E-state index contributed by atoms with van der Waals surface area (Å²) in [5, 5.41) is 0. The Balaban J connectivity index is 2.29. The Morgan fingerprint density at radius 3 is 2.69 bits per heavy atom. The van der Waals surface area contributed by atoms with E-state index in [0.29, 0.717) is 18.9 Å². The zero-order valence-electron chi connectivity index (χ0n) is 8.16. The van der Waals surface area contributed by atoms with E-state index in [0.717, 1.165) is 24.6 Å². The molecule has 0 spiro atoms. The third-order valence-corrected chi connectivity index (χ3v) is 3.23. The second kappa shape index (κ2) is 5.50. The summed E-state index contributed by atoms with van der Waals surface area (Å²) in [6.45, 7) is 4.46. The molecule has 0 aromatic heterocycles. The van der Waals surface area contributed by atoms with Crippen molar-refractivity contribution in [1.82, 2.24) is 4.90 Å². The quantitative estimate of drug-likeness (QED) is 0.727. The van der Waals surface area contributed by atoms with Gasteiger partial charge in [0.25, 0.3) is 0 Å². The topological polar surface area (TPSA) is 46.3 Å². The van der Waals surface area contributed by atoms with Crippen molar-refractivity contribution in [2.24, 2.45) is 11.7 Å². The third-order valence-electron chi connectivity index (χ3n) is 2.29. The highest BCUT2D eigenvalue weighted by Crippen LogP contribution is 2.12. The van der Waals surface area contributed by atoms with Gasteiger partial charge in [-0.1, -0.05) is 6.92 Å². The standard InChI is InChI=1S/C9H18N2OS/c1-8(7-10)6-9(12)11-2-4-13-5-3-11/h8H,2-7,10H2,1H3. The van der Waals surface area contributed by atoms with Gasteiger partial charge < -0.3 is 10.6 Å². The number of carbonyl (C=O) groups is 1. The van der Waals surface area contributed by atoms with Crippen molar-refractivity contribution in [1.29, 1.82) is 0 Å². The molecule has 3 nitrogen and oxygen atoms in total. The van der Waals surface area contributed by atoms with Crippen LogP contribution >= 0.6 is 11.8 Å². The Hall–Kier alpha value is -0.220. The summed E-state index contributed by atoms with van der Waals surface area (Å²) in [5.74, 6) is 2.77. The minimum Gasteiger partial charge on any atom is -0.341 e. The van der Waals surface area contributed by atoms with Gasteiger partial charge in [-0.3, -0.25) is 4.79 Å². The fourth-order valence-electron chi connectivity index (χ4n) is 1.32. The lowest BCUT2D eigenvalue weighted by Gasteiger charge is -2.27. The van der Waals surface area contributed by atoms with Gasteiger partial charge >= 0.3 is 0 Å². The van der Waals surface area contributed by atoms with Crippen LogP contribution in [0.5, 0.6) is 0 Å². The molecular formula is C9H18N2OS. The van der Waals surface area contributed by atoms with Crippen molar-refractivity contribution in [3.8, 4) is 0 Å². The van der Waals surface area contributed by atoms with Crippen LogP contribution in [0.3, 0.4) is 0 Å². The molecule has 0 bridgehead atoms. The molecular weight excluding hydrogens is 184 g/mol. The van der Waals surface area contributed by atoms with Gasteiger partial charge in [0.1, 0.15) is 0 Å². The van der Waals surface area contributed by atoms with E-state index in [4.69, 9.17) is 5.73 Å². The molecule has 2 N–H and O–H groups in total. The molecule has 1 heterocycles. The molecule has 0 aromatic carbocycles. The average molecular weight is 202 g/mol. The van der Waals surface area contributed by atoms with Gasteiger partial charge in [0.05, 0.1) is 0 Å². The van der Waals surface area contributed by atoms with Crippen LogP contribution in [0.1, 0.15) is 13.3 Å². The maximum atomic E-state index is 11.6. The van der Waals surface area contributed by atoms with E-state index in [2.05, 4.69) is 0 Å². The first-order valence-corrected chi connectivity index (χ1v) is 5.95. The normalized spacial score (nSPS) is 20.0. The summed E-state index contributed by atoms with van der Waals surface area (Å²) in [7, 11) is 0. The van der Waals surface area contributed by atoms with E-state index < -0.39 is 0 Å². The third kappa shape index (κ3) is 3.56. The lowest BCUT2D eigenvalue weighted by Crippen LogP contribution is -2.39. The number of nitrogens with zero attached hydrogens (tertiary/aromatic N) is 1. The molecule has 0 saturated carbocycles. The highest BCUT2D eigenvalue weighted by Gasteiger charge is 2.17. The minimum atomic E-state index is 0.276. The molecule has 13 heavy (non-hydrogen) atoms. The first kappa shape index (κ1) is 10.9. The Labute approximate surface area is 84.0 Å². The number of rotatable bonds is 3. The summed E-state index contributed by atoms with van der Waals surface area (Å²) < 4.78 is 0. The smallest absolute Gasteiger partial charge is 0.222 e. The SMILES string of the molecule is CC(CN)CC(=O)N1CCSCC1. The first-order valence-electron chi connectivity index (χ1n) is 4.79. The Morgan fingerprint density at radius 2 is 2.15 bits per heavy atom. The lowest BCUT2D eigenvalue weighted by atomic mass is 10.1. The molecule has 1 saturated heterocycles. The molecule has 1 atom stereocenters. The summed E-state index contributed by atoms with van der Waals surface area (Å²) in [6, 6.07) is 0. The van der Waals surface area contributed by atoms with Gasteiger partial charge in [-0.05, 0) is 12.5 Å². The van der Waals surface area contributed by atoms with Gasteiger partial charge in [-0.25, -0.2) is 0 Å². The average Bonchev–Trinajstić information content (AvgIpc) is 2.19. The first-order chi connectivity index (χ1) is 6.24. The zero-order valence-corrected chi connectivity index (χ0v) is 8.98. The summed E-state index contributed by atoms with van der Waals surface area (Å²) >= 11 is 1.92. The monoisotopic (exact) mass is 202 g/mol. The molecule has 1 fully saturated rings. The summed E-state index contributed by atoms with van der Waals surface area (Å²) in [6.07, 6.45) is 0.612. The maximum Gasteiger partial charge on any atom is 0.222 e. The molecule has 1 aliphatic rings. The van der Waals surface area contributed by atoms with Crippen LogP contribution in [0.2, 0.25) is 0 Å². The van der Waals surface area contributed by atoms with Crippen molar-refractivity contribution in [3.63, 3.8) is 0 Å². The molecule has 0 aromatic rings. The number of carbonyl (C=O) groups excluding carboxylic acids is 1. The van der Waals surface area contributed by atoms with E-state index in [-0.39, 0.29) is 5.91 Å². The molecule has 1 rings (SSSR count). The van der Waals surface area contributed by atoms with Crippen LogP contribution in [0.15, 0.2) is 0 Å². The molecule has 1 aliphatic heterocycles. The number of hydrogen-bond acceptors (Lipinski definition) is 3. The van der Waals surface area contributed by atoms with Crippen molar-refractivity contribution in [2.75, 3.05) is 31.1 Å². The van der Waals surface area contributed by atoms with Crippen molar-refractivity contribution >= 4 is 17.7 Å². The number of nitrogens with two attached hydrogens (primary N) is 1. The molecule has 1 unspecified atom stereocenters. The fourth-order valence-corrected chi connectivity index (χ4v) is 2.23. The molecule has 0 aliphatic carbocycles. The Kier molecular flexibility index (Phi) is 4.59.